The Bertz CT molecular complexity index is 700. The van der Waals surface area contributed by atoms with Gasteiger partial charge in [-0.15, -0.1) is 0 Å². The fourth-order valence-electron chi connectivity index (χ4n) is 4.21. The minimum atomic E-state index is -0.227. The first-order chi connectivity index (χ1) is 13.6. The molecular weight excluding hydrogens is 356 g/mol. The van der Waals surface area contributed by atoms with Crippen LogP contribution < -0.4 is 5.32 Å². The first-order valence-electron chi connectivity index (χ1n) is 10.5. The molecule has 1 unspecified atom stereocenters. The van der Waals surface area contributed by atoms with Crippen molar-refractivity contribution in [3.05, 3.63) is 17.0 Å². The summed E-state index contributed by atoms with van der Waals surface area (Å²) in [5.41, 5.74) is 3.70. The van der Waals surface area contributed by atoms with Gasteiger partial charge in [0.15, 0.2) is 5.96 Å². The van der Waals surface area contributed by atoms with E-state index in [9.17, 15) is 4.79 Å². The number of guanidine groups is 1. The summed E-state index contributed by atoms with van der Waals surface area (Å²) < 4.78 is 7.54. The molecule has 2 aliphatic heterocycles. The number of hydrogen-bond donors (Lipinski definition) is 1. The third-order valence-corrected chi connectivity index (χ3v) is 5.76. The van der Waals surface area contributed by atoms with E-state index in [1.165, 1.54) is 11.3 Å². The Labute approximate surface area is 167 Å². The molecule has 1 aromatic rings. The zero-order valence-electron chi connectivity index (χ0n) is 17.7. The molecule has 0 radical (unpaired) electrons. The number of nitrogens with zero attached hydrogens (tertiary/aromatic N) is 5. The summed E-state index contributed by atoms with van der Waals surface area (Å²) in [7, 11) is 3.83. The molecule has 0 spiro atoms. The van der Waals surface area contributed by atoms with E-state index in [0.717, 1.165) is 57.0 Å². The summed E-state index contributed by atoms with van der Waals surface area (Å²) in [6.45, 7) is 8.74. The molecule has 0 bridgehead atoms. The van der Waals surface area contributed by atoms with Crippen LogP contribution in [0.3, 0.4) is 0 Å². The lowest BCUT2D eigenvalue weighted by atomic mass is 10.1. The Hall–Kier alpha value is -2.09. The van der Waals surface area contributed by atoms with Crippen LogP contribution in [0.15, 0.2) is 4.99 Å². The highest BCUT2D eigenvalue weighted by Gasteiger charge is 2.31. The number of aromatic nitrogens is 2. The summed E-state index contributed by atoms with van der Waals surface area (Å²) in [6, 6.07) is 0. The number of rotatable bonds is 5. The van der Waals surface area contributed by atoms with Gasteiger partial charge in [0, 0.05) is 64.7 Å². The van der Waals surface area contributed by atoms with Crippen LogP contribution in [-0.2, 0) is 36.0 Å². The van der Waals surface area contributed by atoms with Gasteiger partial charge in [0.1, 0.15) is 6.10 Å². The van der Waals surface area contributed by atoms with Crippen molar-refractivity contribution in [1.29, 1.82) is 0 Å². The van der Waals surface area contributed by atoms with Crippen molar-refractivity contribution in [2.75, 3.05) is 39.8 Å². The second kappa shape index (κ2) is 9.41. The normalized spacial score (nSPS) is 20.7. The summed E-state index contributed by atoms with van der Waals surface area (Å²) in [5.74, 6) is 1.04. The quantitative estimate of drug-likeness (QED) is 0.598. The predicted octanol–water partition coefficient (Wildman–Crippen LogP) is 0.944. The van der Waals surface area contributed by atoms with Gasteiger partial charge in [-0.25, -0.2) is 0 Å². The van der Waals surface area contributed by atoms with Gasteiger partial charge in [0.2, 0.25) is 0 Å². The second-order valence-corrected chi connectivity index (χ2v) is 7.42. The lowest BCUT2D eigenvalue weighted by Gasteiger charge is -2.37. The van der Waals surface area contributed by atoms with Crippen LogP contribution in [-0.4, -0.2) is 77.4 Å². The van der Waals surface area contributed by atoms with Crippen molar-refractivity contribution in [3.63, 3.8) is 0 Å². The molecule has 2 fully saturated rings. The number of aliphatic imine (C=N–C) groups is 1. The molecule has 2 saturated heterocycles. The Kier molecular flexibility index (Phi) is 6.93. The van der Waals surface area contributed by atoms with Crippen molar-refractivity contribution < 1.29 is 9.53 Å². The third kappa shape index (κ3) is 4.32. The van der Waals surface area contributed by atoms with Gasteiger partial charge in [0.25, 0.3) is 5.91 Å². The molecule has 1 aromatic heterocycles. The Balaban J connectivity index is 1.56. The molecule has 3 rings (SSSR count). The van der Waals surface area contributed by atoms with Gasteiger partial charge < -0.3 is 19.9 Å². The highest BCUT2D eigenvalue weighted by atomic mass is 16.5. The number of carbonyl (C=O) groups is 1. The minimum absolute atomic E-state index is 0.149. The van der Waals surface area contributed by atoms with Gasteiger partial charge >= 0.3 is 0 Å². The molecule has 8 heteroatoms. The van der Waals surface area contributed by atoms with E-state index in [0.29, 0.717) is 19.7 Å². The van der Waals surface area contributed by atoms with Gasteiger partial charge in [-0.05, 0) is 25.7 Å². The maximum atomic E-state index is 12.5. The first-order valence-corrected chi connectivity index (χ1v) is 10.5. The molecule has 2 aliphatic rings. The minimum Gasteiger partial charge on any atom is -0.368 e. The van der Waals surface area contributed by atoms with Crippen LogP contribution in [0.1, 0.15) is 43.6 Å². The van der Waals surface area contributed by atoms with E-state index < -0.39 is 0 Å². The maximum Gasteiger partial charge on any atom is 0.251 e. The van der Waals surface area contributed by atoms with E-state index in [2.05, 4.69) is 34.2 Å². The molecule has 28 heavy (non-hydrogen) atoms. The molecule has 3 heterocycles. The Morgan fingerprint density at radius 2 is 1.93 bits per heavy atom. The summed E-state index contributed by atoms with van der Waals surface area (Å²) in [4.78, 5) is 21.2. The second-order valence-electron chi connectivity index (χ2n) is 7.42. The molecule has 1 N–H and O–H groups in total. The van der Waals surface area contributed by atoms with Crippen LogP contribution >= 0.6 is 0 Å². The van der Waals surface area contributed by atoms with Gasteiger partial charge in [-0.1, -0.05) is 13.8 Å². The standard InChI is InChI=1S/C20H34N6O2/c1-5-16-15(17(6-2)24(4)23-16)14-22-20(21-3)26-11-9-25(10-12-26)19(27)18-8-7-13-28-18/h18H,5-14H2,1-4H3,(H,21,22). The fourth-order valence-corrected chi connectivity index (χ4v) is 4.21. The van der Waals surface area contributed by atoms with E-state index in [1.54, 1.807) is 0 Å². The molecule has 1 atom stereocenters. The topological polar surface area (TPSA) is 75.0 Å². The molecule has 0 saturated carbocycles. The van der Waals surface area contributed by atoms with Crippen molar-refractivity contribution in [3.8, 4) is 0 Å². The summed E-state index contributed by atoms with van der Waals surface area (Å²) in [5, 5.41) is 8.16. The summed E-state index contributed by atoms with van der Waals surface area (Å²) in [6.07, 6.45) is 3.50. The van der Waals surface area contributed by atoms with E-state index in [4.69, 9.17) is 4.74 Å². The predicted molar refractivity (Wildman–Crippen MR) is 109 cm³/mol. The molecule has 0 aromatic carbocycles. The van der Waals surface area contributed by atoms with Crippen LogP contribution in [0.25, 0.3) is 0 Å². The fraction of sp³-hybridized carbons (Fsp3) is 0.750. The third-order valence-electron chi connectivity index (χ3n) is 5.76. The molecular formula is C20H34N6O2. The van der Waals surface area contributed by atoms with Crippen molar-refractivity contribution in [1.82, 2.24) is 24.9 Å². The monoisotopic (exact) mass is 390 g/mol. The molecule has 1 amide bonds. The highest BCUT2D eigenvalue weighted by molar-refractivity contribution is 5.82. The number of piperazine rings is 1. The van der Waals surface area contributed by atoms with E-state index in [-0.39, 0.29) is 12.0 Å². The lowest BCUT2D eigenvalue weighted by Crippen LogP contribution is -2.55. The van der Waals surface area contributed by atoms with Gasteiger partial charge in [0.05, 0.1) is 5.69 Å². The average Bonchev–Trinajstić information content (AvgIpc) is 3.36. The smallest absolute Gasteiger partial charge is 0.251 e. The Morgan fingerprint density at radius 3 is 2.50 bits per heavy atom. The van der Waals surface area contributed by atoms with Gasteiger partial charge in [-0.2, -0.15) is 5.10 Å². The van der Waals surface area contributed by atoms with Crippen molar-refractivity contribution >= 4 is 11.9 Å². The zero-order chi connectivity index (χ0) is 20.1. The van der Waals surface area contributed by atoms with E-state index >= 15 is 0 Å². The lowest BCUT2D eigenvalue weighted by molar-refractivity contribution is -0.142. The average molecular weight is 391 g/mol. The number of ether oxygens (including phenoxy) is 1. The van der Waals surface area contributed by atoms with Crippen molar-refractivity contribution in [2.45, 2.75) is 52.2 Å². The molecule has 0 aliphatic carbocycles. The van der Waals surface area contributed by atoms with Gasteiger partial charge in [-0.3, -0.25) is 14.5 Å². The van der Waals surface area contributed by atoms with E-state index in [1.807, 2.05) is 23.7 Å². The number of amides is 1. The Morgan fingerprint density at radius 1 is 1.21 bits per heavy atom. The molecule has 156 valence electrons. The maximum absolute atomic E-state index is 12.5. The first kappa shape index (κ1) is 20.6. The van der Waals surface area contributed by atoms with Crippen LogP contribution in [0.2, 0.25) is 0 Å². The molecule has 8 nitrogen and oxygen atoms in total. The number of hydrogen-bond acceptors (Lipinski definition) is 4. The summed E-state index contributed by atoms with van der Waals surface area (Å²) >= 11 is 0. The number of nitrogens with one attached hydrogen (secondary N) is 1. The van der Waals surface area contributed by atoms with Crippen molar-refractivity contribution in [2.24, 2.45) is 12.0 Å². The van der Waals surface area contributed by atoms with Crippen LogP contribution in [0, 0.1) is 0 Å². The number of carbonyl (C=O) groups excluding carboxylic acids is 1. The highest BCUT2D eigenvalue weighted by Crippen LogP contribution is 2.17. The zero-order valence-corrected chi connectivity index (χ0v) is 17.7. The SMILES string of the molecule is CCc1nn(C)c(CC)c1CNC(=NC)N1CCN(C(=O)C2CCCO2)CC1. The largest absolute Gasteiger partial charge is 0.368 e. The van der Waals surface area contributed by atoms with Crippen LogP contribution in [0.4, 0.5) is 0 Å². The number of aryl methyl sites for hydroxylation is 2. The van der Waals surface area contributed by atoms with Crippen LogP contribution in [0.5, 0.6) is 0 Å².